The first-order valence-corrected chi connectivity index (χ1v) is 4.12. The van der Waals surface area contributed by atoms with Crippen molar-refractivity contribution in [3.63, 3.8) is 0 Å². The fraction of sp³-hybridized carbons (Fsp3) is 0.667. The number of ether oxygens (including phenoxy) is 1. The molecular formula is C9H13F3O2. The smallest absolute Gasteiger partial charge is 0.401 e. The minimum absolute atomic E-state index is 0.316. The van der Waals surface area contributed by atoms with E-state index in [0.29, 0.717) is 6.61 Å². The van der Waals surface area contributed by atoms with Gasteiger partial charge in [0.1, 0.15) is 5.41 Å². The molecule has 2 nitrogen and oxygen atoms in total. The van der Waals surface area contributed by atoms with Crippen molar-refractivity contribution in [3.05, 3.63) is 12.3 Å². The molecular weight excluding hydrogens is 197 g/mol. The van der Waals surface area contributed by atoms with Crippen LogP contribution in [0, 0.1) is 5.41 Å². The summed E-state index contributed by atoms with van der Waals surface area (Å²) in [5.41, 5.74) is -2.36. The van der Waals surface area contributed by atoms with Gasteiger partial charge in [0, 0.05) is 6.08 Å². The van der Waals surface area contributed by atoms with Crippen molar-refractivity contribution in [1.29, 1.82) is 0 Å². The van der Waals surface area contributed by atoms with Gasteiger partial charge in [-0.3, -0.25) is 4.79 Å². The molecule has 0 saturated heterocycles. The van der Waals surface area contributed by atoms with Crippen molar-refractivity contribution in [3.8, 4) is 0 Å². The lowest BCUT2D eigenvalue weighted by atomic mass is 9.87. The van der Waals surface area contributed by atoms with E-state index in [1.807, 2.05) is 0 Å². The van der Waals surface area contributed by atoms with Crippen LogP contribution in [0.1, 0.15) is 20.8 Å². The lowest BCUT2D eigenvalue weighted by molar-refractivity contribution is -0.207. The average Bonchev–Trinajstić information content (AvgIpc) is 2.02. The quantitative estimate of drug-likeness (QED) is 0.526. The van der Waals surface area contributed by atoms with Crippen molar-refractivity contribution >= 4 is 5.78 Å². The fourth-order valence-corrected chi connectivity index (χ4v) is 0.554. The Bertz CT molecular complexity index is 229. The third-order valence-corrected chi connectivity index (χ3v) is 1.81. The molecule has 0 bridgehead atoms. The molecule has 0 amide bonds. The van der Waals surface area contributed by atoms with Gasteiger partial charge in [-0.1, -0.05) is 0 Å². The summed E-state index contributed by atoms with van der Waals surface area (Å²) in [5, 5.41) is 0. The van der Waals surface area contributed by atoms with Crippen LogP contribution >= 0.6 is 0 Å². The topological polar surface area (TPSA) is 26.3 Å². The van der Waals surface area contributed by atoms with Crippen LogP contribution in [0.25, 0.3) is 0 Å². The van der Waals surface area contributed by atoms with Crippen LogP contribution in [0.3, 0.4) is 0 Å². The Balaban J connectivity index is 4.52. The van der Waals surface area contributed by atoms with E-state index in [1.165, 1.54) is 0 Å². The summed E-state index contributed by atoms with van der Waals surface area (Å²) in [5.74, 6) is -1.02. The first-order chi connectivity index (χ1) is 6.23. The SMILES string of the molecule is CCO/C=C\C(=O)C(C)(C)C(F)(F)F. The Morgan fingerprint density at radius 2 is 1.86 bits per heavy atom. The summed E-state index contributed by atoms with van der Waals surface area (Å²) < 4.78 is 41.5. The van der Waals surface area contributed by atoms with Gasteiger partial charge in [0.25, 0.3) is 0 Å². The summed E-state index contributed by atoms with van der Waals surface area (Å²) in [7, 11) is 0. The molecule has 0 saturated carbocycles. The zero-order valence-electron chi connectivity index (χ0n) is 8.31. The number of carbonyl (C=O) groups excluding carboxylic acids is 1. The van der Waals surface area contributed by atoms with Crippen molar-refractivity contribution in [2.45, 2.75) is 26.9 Å². The molecule has 0 spiro atoms. The zero-order chi connectivity index (χ0) is 11.4. The molecule has 0 radical (unpaired) electrons. The second-order valence-corrected chi connectivity index (χ2v) is 3.25. The number of hydrogen-bond donors (Lipinski definition) is 0. The molecule has 0 aliphatic heterocycles. The van der Waals surface area contributed by atoms with Crippen LogP contribution in [0.4, 0.5) is 13.2 Å². The van der Waals surface area contributed by atoms with Gasteiger partial charge in [-0.15, -0.1) is 0 Å². The van der Waals surface area contributed by atoms with Gasteiger partial charge >= 0.3 is 6.18 Å². The van der Waals surface area contributed by atoms with Crippen LogP contribution in [0.5, 0.6) is 0 Å². The molecule has 0 unspecified atom stereocenters. The summed E-state index contributed by atoms with van der Waals surface area (Å²) >= 11 is 0. The standard InChI is InChI=1S/C9H13F3O2/c1-4-14-6-5-7(13)8(2,3)9(10,11)12/h5-6H,4H2,1-3H3/b6-5-. The third-order valence-electron chi connectivity index (χ3n) is 1.81. The van der Waals surface area contributed by atoms with Crippen LogP contribution < -0.4 is 0 Å². The maximum atomic E-state index is 12.3. The van der Waals surface area contributed by atoms with E-state index >= 15 is 0 Å². The minimum Gasteiger partial charge on any atom is -0.501 e. The Morgan fingerprint density at radius 1 is 1.36 bits per heavy atom. The van der Waals surface area contributed by atoms with E-state index in [1.54, 1.807) is 6.92 Å². The monoisotopic (exact) mass is 210 g/mol. The van der Waals surface area contributed by atoms with E-state index in [9.17, 15) is 18.0 Å². The molecule has 0 N–H and O–H groups in total. The van der Waals surface area contributed by atoms with Crippen molar-refractivity contribution in [2.75, 3.05) is 6.61 Å². The van der Waals surface area contributed by atoms with Crippen LogP contribution in [-0.4, -0.2) is 18.6 Å². The molecule has 0 heterocycles. The van der Waals surface area contributed by atoms with Crippen molar-refractivity contribution < 1.29 is 22.7 Å². The van der Waals surface area contributed by atoms with E-state index in [2.05, 4.69) is 4.74 Å². The molecule has 0 rings (SSSR count). The number of carbonyl (C=O) groups is 1. The average molecular weight is 210 g/mol. The van der Waals surface area contributed by atoms with Gasteiger partial charge in [-0.2, -0.15) is 13.2 Å². The Labute approximate surface area is 80.7 Å². The number of hydrogen-bond acceptors (Lipinski definition) is 2. The number of alkyl halides is 3. The first-order valence-electron chi connectivity index (χ1n) is 4.12. The summed E-state index contributed by atoms with van der Waals surface area (Å²) in [4.78, 5) is 11.1. The number of halogens is 3. The Kier molecular flexibility index (Phi) is 4.16. The zero-order valence-corrected chi connectivity index (χ0v) is 8.31. The predicted molar refractivity (Wildman–Crippen MR) is 45.6 cm³/mol. The molecule has 0 aromatic carbocycles. The van der Waals surface area contributed by atoms with Crippen LogP contribution in [0.2, 0.25) is 0 Å². The lowest BCUT2D eigenvalue weighted by Crippen LogP contribution is -2.38. The van der Waals surface area contributed by atoms with Crippen molar-refractivity contribution in [1.82, 2.24) is 0 Å². The minimum atomic E-state index is -4.54. The van der Waals surface area contributed by atoms with Crippen LogP contribution in [-0.2, 0) is 9.53 Å². The second-order valence-electron chi connectivity index (χ2n) is 3.25. The van der Waals surface area contributed by atoms with E-state index in [4.69, 9.17) is 0 Å². The summed E-state index contributed by atoms with van der Waals surface area (Å²) in [6, 6.07) is 0. The van der Waals surface area contributed by atoms with E-state index < -0.39 is 17.4 Å². The summed E-state index contributed by atoms with van der Waals surface area (Å²) in [6.45, 7) is 3.66. The molecule has 0 aromatic rings. The molecule has 14 heavy (non-hydrogen) atoms. The first kappa shape index (κ1) is 13.0. The van der Waals surface area contributed by atoms with Gasteiger partial charge in [0.05, 0.1) is 12.9 Å². The van der Waals surface area contributed by atoms with Crippen molar-refractivity contribution in [2.24, 2.45) is 5.41 Å². The van der Waals surface area contributed by atoms with Gasteiger partial charge in [0.15, 0.2) is 5.78 Å². The Hall–Kier alpha value is -1.00. The van der Waals surface area contributed by atoms with Gasteiger partial charge < -0.3 is 4.74 Å². The molecule has 0 fully saturated rings. The highest BCUT2D eigenvalue weighted by atomic mass is 19.4. The lowest BCUT2D eigenvalue weighted by Gasteiger charge is -2.24. The van der Waals surface area contributed by atoms with Gasteiger partial charge in [0.2, 0.25) is 0 Å². The van der Waals surface area contributed by atoms with Gasteiger partial charge in [-0.05, 0) is 20.8 Å². The maximum absolute atomic E-state index is 12.3. The summed E-state index contributed by atoms with van der Waals surface area (Å²) in [6.07, 6.45) is -2.76. The highest BCUT2D eigenvalue weighted by molar-refractivity contribution is 5.94. The maximum Gasteiger partial charge on any atom is 0.401 e. The third kappa shape index (κ3) is 3.05. The second kappa shape index (κ2) is 4.48. The predicted octanol–water partition coefficient (Wildman–Crippen LogP) is 2.69. The number of allylic oxidation sites excluding steroid dienone is 1. The highest BCUT2D eigenvalue weighted by Crippen LogP contribution is 2.38. The van der Waals surface area contributed by atoms with Crippen LogP contribution in [0.15, 0.2) is 12.3 Å². The highest BCUT2D eigenvalue weighted by Gasteiger charge is 2.51. The molecule has 5 heteroatoms. The van der Waals surface area contributed by atoms with E-state index in [-0.39, 0.29) is 0 Å². The molecule has 0 atom stereocenters. The molecule has 0 aromatic heterocycles. The molecule has 0 aliphatic rings. The number of rotatable bonds is 4. The molecule has 82 valence electrons. The largest absolute Gasteiger partial charge is 0.501 e. The van der Waals surface area contributed by atoms with E-state index in [0.717, 1.165) is 26.2 Å². The number of ketones is 1. The Morgan fingerprint density at radius 3 is 2.21 bits per heavy atom. The van der Waals surface area contributed by atoms with Gasteiger partial charge in [-0.25, -0.2) is 0 Å². The molecule has 0 aliphatic carbocycles. The fourth-order valence-electron chi connectivity index (χ4n) is 0.554. The normalized spacial score (nSPS) is 13.3.